The van der Waals surface area contributed by atoms with Crippen LogP contribution in [-0.2, 0) is 21.2 Å². The first-order valence-corrected chi connectivity index (χ1v) is 9.38. The summed E-state index contributed by atoms with van der Waals surface area (Å²) in [6.45, 7) is 0.0127. The van der Waals surface area contributed by atoms with Crippen LogP contribution in [0.3, 0.4) is 0 Å². The molecule has 2 aromatic rings. The van der Waals surface area contributed by atoms with Crippen LogP contribution in [0.4, 0.5) is 0 Å². The summed E-state index contributed by atoms with van der Waals surface area (Å²) in [5.74, 6) is -0.417. The van der Waals surface area contributed by atoms with Gasteiger partial charge in [0.2, 0.25) is 15.9 Å². The topological polar surface area (TPSA) is 75.3 Å². The lowest BCUT2D eigenvalue weighted by Crippen LogP contribution is -2.37. The molecule has 0 saturated carbocycles. The van der Waals surface area contributed by atoms with Crippen molar-refractivity contribution in [2.75, 3.05) is 13.1 Å². The quantitative estimate of drug-likeness (QED) is 0.767. The van der Waals surface area contributed by atoms with E-state index in [1.165, 1.54) is 12.1 Å². The third-order valence-electron chi connectivity index (χ3n) is 3.21. The average Bonchev–Trinajstić information content (AvgIpc) is 2.56. The number of carbonyl (C=O) groups is 1. The van der Waals surface area contributed by atoms with Crippen LogP contribution < -0.4 is 10.0 Å². The van der Waals surface area contributed by atoms with Gasteiger partial charge in [-0.2, -0.15) is 0 Å². The molecule has 0 aliphatic carbocycles. The van der Waals surface area contributed by atoms with Gasteiger partial charge in [0.05, 0.1) is 11.4 Å². The number of hydrogen-bond acceptors (Lipinski definition) is 3. The van der Waals surface area contributed by atoms with Crippen molar-refractivity contribution >= 4 is 39.1 Å². The molecule has 2 N–H and O–H groups in total. The maximum atomic E-state index is 12.0. The molecule has 0 spiro atoms. The van der Waals surface area contributed by atoms with E-state index in [4.69, 9.17) is 23.2 Å². The zero-order chi connectivity index (χ0) is 17.6. The molecule has 0 atom stereocenters. The van der Waals surface area contributed by atoms with Crippen molar-refractivity contribution in [2.24, 2.45) is 0 Å². The van der Waals surface area contributed by atoms with E-state index in [0.717, 1.165) is 5.56 Å². The lowest BCUT2D eigenvalue weighted by Gasteiger charge is -2.09. The van der Waals surface area contributed by atoms with Gasteiger partial charge in [0.15, 0.2) is 0 Å². The summed E-state index contributed by atoms with van der Waals surface area (Å²) >= 11 is 11.9. The Kier molecular flexibility index (Phi) is 6.62. The van der Waals surface area contributed by atoms with Crippen LogP contribution in [0.25, 0.3) is 0 Å². The number of amides is 1. The number of sulfonamides is 1. The van der Waals surface area contributed by atoms with E-state index in [2.05, 4.69) is 10.0 Å². The van der Waals surface area contributed by atoms with Gasteiger partial charge in [-0.25, -0.2) is 13.1 Å². The fourth-order valence-corrected chi connectivity index (χ4v) is 3.47. The molecule has 0 fully saturated rings. The normalized spacial score (nSPS) is 11.2. The van der Waals surface area contributed by atoms with Gasteiger partial charge in [0.25, 0.3) is 0 Å². The fraction of sp³-hybridized carbons (Fsp3) is 0.188. The second kappa shape index (κ2) is 8.48. The molecule has 0 bridgehead atoms. The first-order chi connectivity index (χ1) is 11.4. The summed E-state index contributed by atoms with van der Waals surface area (Å²) in [6, 6.07) is 13.0. The summed E-state index contributed by atoms with van der Waals surface area (Å²) < 4.78 is 26.2. The van der Waals surface area contributed by atoms with Crippen molar-refractivity contribution in [3.05, 3.63) is 64.1 Å². The maximum Gasteiger partial charge on any atom is 0.241 e. The molecule has 0 aliphatic heterocycles. The Labute approximate surface area is 151 Å². The van der Waals surface area contributed by atoms with Gasteiger partial charge in [-0.15, -0.1) is 0 Å². The van der Waals surface area contributed by atoms with Crippen molar-refractivity contribution in [3.63, 3.8) is 0 Å². The van der Waals surface area contributed by atoms with Crippen molar-refractivity contribution in [1.82, 2.24) is 10.0 Å². The van der Waals surface area contributed by atoms with Crippen LogP contribution in [0.2, 0.25) is 10.0 Å². The first-order valence-electron chi connectivity index (χ1n) is 7.14. The molecule has 0 heterocycles. The molecule has 24 heavy (non-hydrogen) atoms. The molecule has 128 valence electrons. The van der Waals surface area contributed by atoms with Gasteiger partial charge in [-0.3, -0.25) is 4.79 Å². The number of carbonyl (C=O) groups excluding carboxylic acids is 1. The Hall–Kier alpha value is -1.60. The molecule has 0 aliphatic rings. The highest BCUT2D eigenvalue weighted by atomic mass is 35.5. The maximum absolute atomic E-state index is 12.0. The van der Waals surface area contributed by atoms with Gasteiger partial charge in [-0.05, 0) is 36.2 Å². The summed E-state index contributed by atoms with van der Waals surface area (Å²) in [5.41, 5.74) is 0.853. The molecule has 0 unspecified atom stereocenters. The van der Waals surface area contributed by atoms with E-state index in [9.17, 15) is 13.2 Å². The van der Waals surface area contributed by atoms with Gasteiger partial charge >= 0.3 is 0 Å². The number of halogens is 2. The molecular formula is C16H16Cl2N2O3S. The zero-order valence-electron chi connectivity index (χ0n) is 12.6. The van der Waals surface area contributed by atoms with E-state index < -0.39 is 15.9 Å². The van der Waals surface area contributed by atoms with Crippen LogP contribution in [0.15, 0.2) is 53.4 Å². The first kappa shape index (κ1) is 18.7. The average molecular weight is 387 g/mol. The van der Waals surface area contributed by atoms with Gasteiger partial charge < -0.3 is 5.32 Å². The minimum absolute atomic E-state index is 0.116. The minimum atomic E-state index is -3.69. The largest absolute Gasteiger partial charge is 0.355 e. The van der Waals surface area contributed by atoms with E-state index in [1.54, 1.807) is 36.4 Å². The Morgan fingerprint density at radius 3 is 2.42 bits per heavy atom. The minimum Gasteiger partial charge on any atom is -0.355 e. The Morgan fingerprint density at radius 1 is 1.04 bits per heavy atom. The molecule has 8 heteroatoms. The Bertz CT molecular complexity index is 811. The zero-order valence-corrected chi connectivity index (χ0v) is 15.0. The molecule has 0 radical (unpaired) electrons. The van der Waals surface area contributed by atoms with Gasteiger partial charge in [0, 0.05) is 16.6 Å². The SMILES string of the molecule is O=C(CNS(=O)(=O)c1ccccc1)NCCc1ccc(Cl)cc1Cl. The van der Waals surface area contributed by atoms with E-state index in [1.807, 2.05) is 0 Å². The Balaban J connectivity index is 1.79. The van der Waals surface area contributed by atoms with Crippen LogP contribution in [0.1, 0.15) is 5.56 Å². The smallest absolute Gasteiger partial charge is 0.241 e. The summed E-state index contributed by atoms with van der Waals surface area (Å²) in [6.07, 6.45) is 0.521. The number of nitrogens with one attached hydrogen (secondary N) is 2. The van der Waals surface area contributed by atoms with E-state index >= 15 is 0 Å². The molecule has 2 aromatic carbocycles. The molecule has 2 rings (SSSR count). The second-order valence-corrected chi connectivity index (χ2v) is 7.58. The van der Waals surface area contributed by atoms with Crippen LogP contribution in [-0.4, -0.2) is 27.4 Å². The molecule has 5 nitrogen and oxygen atoms in total. The van der Waals surface area contributed by atoms with E-state index in [-0.39, 0.29) is 11.4 Å². The van der Waals surface area contributed by atoms with Crippen LogP contribution in [0, 0.1) is 0 Å². The molecule has 0 saturated heterocycles. The highest BCUT2D eigenvalue weighted by Gasteiger charge is 2.14. The number of benzene rings is 2. The van der Waals surface area contributed by atoms with Gasteiger partial charge in [-0.1, -0.05) is 47.5 Å². The summed E-state index contributed by atoms with van der Waals surface area (Å²) in [7, 11) is -3.69. The lowest BCUT2D eigenvalue weighted by atomic mass is 10.1. The van der Waals surface area contributed by atoms with Crippen molar-refractivity contribution in [2.45, 2.75) is 11.3 Å². The molecular weight excluding hydrogens is 371 g/mol. The third kappa shape index (κ3) is 5.49. The summed E-state index contributed by atoms with van der Waals surface area (Å²) in [5, 5.41) is 3.71. The standard InChI is InChI=1S/C16H16Cl2N2O3S/c17-13-7-6-12(15(18)10-13)8-9-19-16(21)11-20-24(22,23)14-4-2-1-3-5-14/h1-7,10,20H,8-9,11H2,(H,19,21). The van der Waals surface area contributed by atoms with E-state index in [0.29, 0.717) is 23.0 Å². The van der Waals surface area contributed by atoms with Crippen molar-refractivity contribution in [3.8, 4) is 0 Å². The highest BCUT2D eigenvalue weighted by Crippen LogP contribution is 2.21. The molecule has 0 aromatic heterocycles. The number of rotatable bonds is 7. The highest BCUT2D eigenvalue weighted by molar-refractivity contribution is 7.89. The lowest BCUT2D eigenvalue weighted by molar-refractivity contribution is -0.119. The number of hydrogen-bond donors (Lipinski definition) is 2. The second-order valence-electron chi connectivity index (χ2n) is 4.97. The van der Waals surface area contributed by atoms with Crippen LogP contribution in [0.5, 0.6) is 0 Å². The predicted molar refractivity (Wildman–Crippen MR) is 94.8 cm³/mol. The van der Waals surface area contributed by atoms with Gasteiger partial charge in [0.1, 0.15) is 0 Å². The third-order valence-corrected chi connectivity index (χ3v) is 5.21. The Morgan fingerprint density at radius 2 is 1.75 bits per heavy atom. The molecule has 1 amide bonds. The summed E-state index contributed by atoms with van der Waals surface area (Å²) in [4.78, 5) is 11.9. The van der Waals surface area contributed by atoms with Crippen molar-refractivity contribution in [1.29, 1.82) is 0 Å². The monoisotopic (exact) mass is 386 g/mol. The predicted octanol–water partition coefficient (Wildman–Crippen LogP) is 2.63. The van der Waals surface area contributed by atoms with Crippen LogP contribution >= 0.6 is 23.2 Å². The van der Waals surface area contributed by atoms with Crippen molar-refractivity contribution < 1.29 is 13.2 Å². The fourth-order valence-electron chi connectivity index (χ4n) is 1.97.